The second-order valence-electron chi connectivity index (χ2n) is 8.39. The molecule has 2 N–H and O–H groups in total. The lowest BCUT2D eigenvalue weighted by Gasteiger charge is -2.18. The van der Waals surface area contributed by atoms with Crippen LogP contribution in [-0.2, 0) is 6.54 Å². The number of nitro benzene ring substituents is 1. The average molecular weight is 470 g/mol. The number of carbonyl (C=O) groups excluding carboxylic acids is 1. The molecule has 0 saturated heterocycles. The number of aromatic nitrogens is 2. The van der Waals surface area contributed by atoms with E-state index in [1.54, 1.807) is 6.07 Å². The molecule has 1 fully saturated rings. The van der Waals surface area contributed by atoms with E-state index in [4.69, 9.17) is 16.1 Å². The quantitative estimate of drug-likeness (QED) is 0.324. The fourth-order valence-electron chi connectivity index (χ4n) is 3.42. The van der Waals surface area contributed by atoms with E-state index in [2.05, 4.69) is 20.8 Å². The molecular formula is C23H24ClN5O4. The maximum absolute atomic E-state index is 12.9. The van der Waals surface area contributed by atoms with Gasteiger partial charge in [-0.3, -0.25) is 14.9 Å². The molecule has 4 rings (SSSR count). The summed E-state index contributed by atoms with van der Waals surface area (Å²) in [7, 11) is 0. The van der Waals surface area contributed by atoms with E-state index in [9.17, 15) is 14.9 Å². The van der Waals surface area contributed by atoms with Gasteiger partial charge in [0.25, 0.3) is 11.6 Å². The summed E-state index contributed by atoms with van der Waals surface area (Å²) in [5.74, 6) is 0.857. The highest BCUT2D eigenvalue weighted by Crippen LogP contribution is 2.38. The normalized spacial score (nSPS) is 14.2. The van der Waals surface area contributed by atoms with Gasteiger partial charge in [-0.15, -0.1) is 0 Å². The molecule has 2 aromatic carbocycles. The number of hydrogen-bond acceptors (Lipinski definition) is 7. The van der Waals surface area contributed by atoms with Gasteiger partial charge in [0.15, 0.2) is 5.82 Å². The monoisotopic (exact) mass is 469 g/mol. The number of anilines is 1. The van der Waals surface area contributed by atoms with E-state index in [1.165, 1.54) is 18.2 Å². The van der Waals surface area contributed by atoms with Crippen LogP contribution in [0.25, 0.3) is 0 Å². The highest BCUT2D eigenvalue weighted by Gasteiger charge is 2.32. The predicted octanol–water partition coefficient (Wildman–Crippen LogP) is 5.25. The van der Waals surface area contributed by atoms with E-state index >= 15 is 0 Å². The van der Waals surface area contributed by atoms with Crippen LogP contribution in [0.15, 0.2) is 47.0 Å². The number of nitrogens with one attached hydrogen (secondary N) is 2. The summed E-state index contributed by atoms with van der Waals surface area (Å²) in [6.45, 7) is 4.16. The standard InChI is InChI=1S/C23H24ClN5O4/c1-13(2)20(23-27-21(28-33-23)14-7-8-14)26-22(30)15-9-10-18(19(11-15)29(31)32)25-12-16-5-3-4-6-17(16)24/h3-6,9-11,13-14,20,25H,7-8,12H2,1-2H3,(H,26,30). The van der Waals surface area contributed by atoms with Gasteiger partial charge >= 0.3 is 0 Å². The number of halogens is 1. The lowest BCUT2D eigenvalue weighted by molar-refractivity contribution is -0.384. The van der Waals surface area contributed by atoms with Crippen LogP contribution in [0.3, 0.4) is 0 Å². The summed E-state index contributed by atoms with van der Waals surface area (Å²) < 4.78 is 5.39. The van der Waals surface area contributed by atoms with Crippen LogP contribution in [0.1, 0.15) is 66.3 Å². The van der Waals surface area contributed by atoms with E-state index < -0.39 is 16.9 Å². The Morgan fingerprint density at radius 2 is 2.03 bits per heavy atom. The van der Waals surface area contributed by atoms with E-state index in [1.807, 2.05) is 32.0 Å². The van der Waals surface area contributed by atoms with Gasteiger partial charge in [-0.05, 0) is 42.5 Å². The van der Waals surface area contributed by atoms with Crippen molar-refractivity contribution in [1.29, 1.82) is 0 Å². The third-order valence-electron chi connectivity index (χ3n) is 5.50. The minimum atomic E-state index is -0.522. The Hall–Kier alpha value is -3.46. The van der Waals surface area contributed by atoms with Gasteiger partial charge in [0, 0.05) is 29.1 Å². The summed E-state index contributed by atoms with van der Waals surface area (Å²) in [5, 5.41) is 22.2. The first kappa shape index (κ1) is 22.7. The number of carbonyl (C=O) groups is 1. The molecule has 10 heteroatoms. The predicted molar refractivity (Wildman–Crippen MR) is 123 cm³/mol. The molecular weight excluding hydrogens is 446 g/mol. The van der Waals surface area contributed by atoms with Crippen molar-refractivity contribution in [3.05, 3.63) is 80.4 Å². The SMILES string of the molecule is CC(C)C(NC(=O)c1ccc(NCc2ccccc2Cl)c([N+](=O)[O-])c1)c1nc(C2CC2)no1. The average Bonchev–Trinajstić information content (AvgIpc) is 3.53. The van der Waals surface area contributed by atoms with Crippen LogP contribution in [0.4, 0.5) is 11.4 Å². The highest BCUT2D eigenvalue weighted by atomic mass is 35.5. The number of benzene rings is 2. The van der Waals surface area contributed by atoms with Crippen molar-refractivity contribution in [1.82, 2.24) is 15.5 Å². The van der Waals surface area contributed by atoms with Gasteiger partial charge in [-0.1, -0.05) is 48.8 Å². The van der Waals surface area contributed by atoms with Crippen LogP contribution in [0.2, 0.25) is 5.02 Å². The van der Waals surface area contributed by atoms with E-state index in [-0.39, 0.29) is 17.2 Å². The first-order valence-corrected chi connectivity index (χ1v) is 11.1. The minimum absolute atomic E-state index is 0.0204. The maximum Gasteiger partial charge on any atom is 0.293 e. The molecule has 1 aliphatic carbocycles. The Morgan fingerprint density at radius 1 is 1.27 bits per heavy atom. The molecule has 1 aliphatic rings. The molecule has 0 spiro atoms. The first-order chi connectivity index (χ1) is 15.8. The van der Waals surface area contributed by atoms with Crippen molar-refractivity contribution in [3.63, 3.8) is 0 Å². The minimum Gasteiger partial charge on any atom is -0.375 e. The second-order valence-corrected chi connectivity index (χ2v) is 8.80. The number of nitrogens with zero attached hydrogens (tertiary/aromatic N) is 3. The highest BCUT2D eigenvalue weighted by molar-refractivity contribution is 6.31. The largest absolute Gasteiger partial charge is 0.375 e. The van der Waals surface area contributed by atoms with Crippen molar-refractivity contribution >= 4 is 28.9 Å². The van der Waals surface area contributed by atoms with E-state index in [0.29, 0.717) is 34.9 Å². The number of hydrogen-bond donors (Lipinski definition) is 2. The van der Waals surface area contributed by atoms with Crippen molar-refractivity contribution in [2.75, 3.05) is 5.32 Å². The molecule has 1 saturated carbocycles. The summed E-state index contributed by atoms with van der Waals surface area (Å²) in [4.78, 5) is 28.5. The van der Waals surface area contributed by atoms with Gasteiger partial charge in [0.2, 0.25) is 5.89 Å². The molecule has 9 nitrogen and oxygen atoms in total. The Bertz CT molecular complexity index is 1180. The fraction of sp³-hybridized carbons (Fsp3) is 0.348. The number of rotatable bonds is 9. The Balaban J connectivity index is 1.51. The van der Waals surface area contributed by atoms with Crippen molar-refractivity contribution in [3.8, 4) is 0 Å². The van der Waals surface area contributed by atoms with Gasteiger partial charge in [0.05, 0.1) is 4.92 Å². The molecule has 0 radical (unpaired) electrons. The molecule has 33 heavy (non-hydrogen) atoms. The Kier molecular flexibility index (Phi) is 6.60. The van der Waals surface area contributed by atoms with Crippen molar-refractivity contribution < 1.29 is 14.2 Å². The van der Waals surface area contributed by atoms with Gasteiger partial charge in [0.1, 0.15) is 11.7 Å². The second kappa shape index (κ2) is 9.58. The molecule has 0 aliphatic heterocycles. The van der Waals surface area contributed by atoms with Gasteiger partial charge in [-0.25, -0.2) is 0 Å². The summed E-state index contributed by atoms with van der Waals surface area (Å²) in [6, 6.07) is 11.0. The number of nitro groups is 1. The third-order valence-corrected chi connectivity index (χ3v) is 5.87. The van der Waals surface area contributed by atoms with E-state index in [0.717, 1.165) is 18.4 Å². The smallest absolute Gasteiger partial charge is 0.293 e. The zero-order chi connectivity index (χ0) is 23.5. The molecule has 1 atom stereocenters. The lowest BCUT2D eigenvalue weighted by Crippen LogP contribution is -2.32. The molecule has 1 aromatic heterocycles. The van der Waals surface area contributed by atoms with Gasteiger partial charge < -0.3 is 15.2 Å². The maximum atomic E-state index is 12.9. The summed E-state index contributed by atoms with van der Waals surface area (Å²) in [5.41, 5.74) is 1.06. The summed E-state index contributed by atoms with van der Waals surface area (Å²) in [6.07, 6.45) is 2.08. The molecule has 3 aromatic rings. The zero-order valence-corrected chi connectivity index (χ0v) is 19.0. The molecule has 1 heterocycles. The van der Waals surface area contributed by atoms with Crippen LogP contribution in [0, 0.1) is 16.0 Å². The van der Waals surface area contributed by atoms with Crippen LogP contribution >= 0.6 is 11.6 Å². The lowest BCUT2D eigenvalue weighted by atomic mass is 10.0. The molecule has 0 bridgehead atoms. The topological polar surface area (TPSA) is 123 Å². The molecule has 1 amide bonds. The van der Waals surface area contributed by atoms with Crippen LogP contribution in [0.5, 0.6) is 0 Å². The van der Waals surface area contributed by atoms with Crippen molar-refractivity contribution in [2.24, 2.45) is 5.92 Å². The molecule has 172 valence electrons. The van der Waals surface area contributed by atoms with Gasteiger partial charge in [-0.2, -0.15) is 4.98 Å². The first-order valence-electron chi connectivity index (χ1n) is 10.7. The Labute approximate surface area is 195 Å². The fourth-order valence-corrected chi connectivity index (χ4v) is 3.63. The number of amides is 1. The van der Waals surface area contributed by atoms with Crippen molar-refractivity contribution in [2.45, 2.75) is 45.2 Å². The zero-order valence-electron chi connectivity index (χ0n) is 18.2. The third kappa shape index (κ3) is 5.31. The Morgan fingerprint density at radius 3 is 2.70 bits per heavy atom. The molecule has 1 unspecified atom stereocenters. The van der Waals surface area contributed by atoms with Crippen LogP contribution in [-0.4, -0.2) is 21.0 Å². The van der Waals surface area contributed by atoms with Crippen LogP contribution < -0.4 is 10.6 Å². The summed E-state index contributed by atoms with van der Waals surface area (Å²) >= 11 is 6.16.